The zero-order valence-corrected chi connectivity index (χ0v) is 8.42. The van der Waals surface area contributed by atoms with Crippen LogP contribution in [0.25, 0.3) is 0 Å². The van der Waals surface area contributed by atoms with Gasteiger partial charge in [-0.05, 0) is 20.5 Å². The van der Waals surface area contributed by atoms with Gasteiger partial charge in [0.05, 0.1) is 6.61 Å². The quantitative estimate of drug-likeness (QED) is 0.454. The number of esters is 1. The van der Waals surface area contributed by atoms with Crippen molar-refractivity contribution < 1.29 is 14.3 Å². The molecule has 0 saturated carbocycles. The van der Waals surface area contributed by atoms with E-state index in [9.17, 15) is 9.59 Å². The van der Waals surface area contributed by atoms with Gasteiger partial charge in [-0.25, -0.2) is 0 Å². The normalized spacial score (nSPS) is 7.92. The first-order valence-corrected chi connectivity index (χ1v) is 4.20. The number of nitrogens with one attached hydrogen (secondary N) is 2. The second-order valence-corrected chi connectivity index (χ2v) is 2.01. The second kappa shape index (κ2) is 13.5. The summed E-state index contributed by atoms with van der Waals surface area (Å²) in [4.78, 5) is 20.0. The summed E-state index contributed by atoms with van der Waals surface area (Å²) in [6.45, 7) is 5.15. The first kappa shape index (κ1) is 14.4. The molecule has 5 nitrogen and oxygen atoms in total. The van der Waals surface area contributed by atoms with Gasteiger partial charge in [0.25, 0.3) is 0 Å². The van der Waals surface area contributed by atoms with Crippen molar-refractivity contribution in [2.45, 2.75) is 13.8 Å². The highest BCUT2D eigenvalue weighted by atomic mass is 16.5. The lowest BCUT2D eigenvalue weighted by molar-refractivity contribution is -0.142. The van der Waals surface area contributed by atoms with E-state index in [2.05, 4.69) is 22.3 Å². The zero-order chi connectivity index (χ0) is 10.5. The maximum absolute atomic E-state index is 10.4. The van der Waals surface area contributed by atoms with Crippen LogP contribution in [0, 0.1) is 0 Å². The summed E-state index contributed by atoms with van der Waals surface area (Å²) in [6, 6.07) is 0. The minimum atomic E-state index is -0.412. The lowest BCUT2D eigenvalue weighted by atomic mass is 10.6. The summed E-state index contributed by atoms with van der Waals surface area (Å²) < 4.78 is 4.48. The van der Waals surface area contributed by atoms with Gasteiger partial charge in [-0.2, -0.15) is 0 Å². The van der Waals surface area contributed by atoms with Crippen LogP contribution in [0.5, 0.6) is 0 Å². The first-order valence-electron chi connectivity index (χ1n) is 4.20. The Balaban J connectivity index is 0. The van der Waals surface area contributed by atoms with Gasteiger partial charge < -0.3 is 15.4 Å². The molecule has 0 aromatic carbocycles. The van der Waals surface area contributed by atoms with Crippen LogP contribution in [0.3, 0.4) is 0 Å². The van der Waals surface area contributed by atoms with Gasteiger partial charge in [0, 0.05) is 0 Å². The van der Waals surface area contributed by atoms with E-state index in [0.29, 0.717) is 13.0 Å². The monoisotopic (exact) mass is 190 g/mol. The Morgan fingerprint density at radius 2 is 2.00 bits per heavy atom. The molecule has 0 aliphatic carbocycles. The third-order valence-corrected chi connectivity index (χ3v) is 0.989. The van der Waals surface area contributed by atoms with Gasteiger partial charge in [0.2, 0.25) is 6.41 Å². The molecule has 0 aliphatic heterocycles. The number of hydrogen-bond acceptors (Lipinski definition) is 4. The predicted molar refractivity (Wildman–Crippen MR) is 50.3 cm³/mol. The van der Waals surface area contributed by atoms with Crippen LogP contribution in [0.2, 0.25) is 0 Å². The SMILES string of the molecule is CCNC.CCOC(=O)CNC=O. The number of rotatable bonds is 5. The molecule has 0 saturated heterocycles. The van der Waals surface area contributed by atoms with Crippen LogP contribution in [0.4, 0.5) is 0 Å². The molecule has 0 bridgehead atoms. The van der Waals surface area contributed by atoms with Crippen molar-refractivity contribution >= 4 is 12.4 Å². The van der Waals surface area contributed by atoms with Crippen LogP contribution in [-0.2, 0) is 14.3 Å². The fourth-order valence-electron chi connectivity index (χ4n) is 0.337. The Bertz CT molecular complexity index is 127. The Hall–Kier alpha value is -1.10. The van der Waals surface area contributed by atoms with E-state index < -0.39 is 5.97 Å². The summed E-state index contributed by atoms with van der Waals surface area (Å²) in [5.41, 5.74) is 0. The molecule has 0 rings (SSSR count). The molecule has 0 heterocycles. The van der Waals surface area contributed by atoms with Crippen molar-refractivity contribution in [2.24, 2.45) is 0 Å². The van der Waals surface area contributed by atoms with Gasteiger partial charge in [0.1, 0.15) is 6.54 Å². The summed E-state index contributed by atoms with van der Waals surface area (Å²) >= 11 is 0. The van der Waals surface area contributed by atoms with Gasteiger partial charge in [0.15, 0.2) is 0 Å². The van der Waals surface area contributed by atoms with E-state index in [1.807, 2.05) is 7.05 Å². The average Bonchev–Trinajstić information content (AvgIpc) is 2.16. The van der Waals surface area contributed by atoms with Crippen LogP contribution in [0.1, 0.15) is 13.8 Å². The fourth-order valence-corrected chi connectivity index (χ4v) is 0.337. The smallest absolute Gasteiger partial charge is 0.325 e. The molecular formula is C8H18N2O3. The lowest BCUT2D eigenvalue weighted by Crippen LogP contribution is -2.23. The van der Waals surface area contributed by atoms with Crippen LogP contribution >= 0.6 is 0 Å². The van der Waals surface area contributed by atoms with Gasteiger partial charge in [-0.15, -0.1) is 0 Å². The second-order valence-electron chi connectivity index (χ2n) is 2.01. The van der Waals surface area contributed by atoms with E-state index in [4.69, 9.17) is 0 Å². The molecule has 0 radical (unpaired) electrons. The van der Waals surface area contributed by atoms with Crippen molar-refractivity contribution in [3.63, 3.8) is 0 Å². The van der Waals surface area contributed by atoms with E-state index in [1.165, 1.54) is 0 Å². The number of carbonyl (C=O) groups is 2. The molecule has 0 atom stereocenters. The summed E-state index contributed by atoms with van der Waals surface area (Å²) in [5, 5.41) is 5.11. The molecule has 13 heavy (non-hydrogen) atoms. The number of hydrogen-bond donors (Lipinski definition) is 2. The lowest BCUT2D eigenvalue weighted by Gasteiger charge is -1.97. The Kier molecular flexibility index (Phi) is 15.0. The van der Waals surface area contributed by atoms with E-state index in [-0.39, 0.29) is 6.54 Å². The maximum atomic E-state index is 10.4. The highest BCUT2D eigenvalue weighted by Gasteiger charge is 1.96. The number of amides is 1. The third kappa shape index (κ3) is 18.1. The predicted octanol–water partition coefficient (Wildman–Crippen LogP) is -0.479. The van der Waals surface area contributed by atoms with Gasteiger partial charge in [-0.1, -0.05) is 6.92 Å². The Labute approximate surface area is 78.8 Å². The molecule has 1 amide bonds. The van der Waals surface area contributed by atoms with E-state index >= 15 is 0 Å². The topological polar surface area (TPSA) is 67.4 Å². The summed E-state index contributed by atoms with van der Waals surface area (Å²) in [6.07, 6.45) is 0.455. The number of ether oxygens (including phenoxy) is 1. The minimum absolute atomic E-state index is 0.0443. The highest BCUT2D eigenvalue weighted by Crippen LogP contribution is 1.72. The standard InChI is InChI=1S/C5H9NO3.C3H9N/c1-2-9-5(8)3-6-4-7;1-3-4-2/h4H,2-3H2,1H3,(H,6,7);4H,3H2,1-2H3. The first-order chi connectivity index (χ1) is 6.22. The molecule has 0 fully saturated rings. The van der Waals surface area contributed by atoms with Gasteiger partial charge in [-0.3, -0.25) is 9.59 Å². The zero-order valence-electron chi connectivity index (χ0n) is 8.42. The van der Waals surface area contributed by atoms with Gasteiger partial charge >= 0.3 is 5.97 Å². The number of carbonyl (C=O) groups excluding carboxylic acids is 2. The molecule has 2 N–H and O–H groups in total. The van der Waals surface area contributed by atoms with Crippen molar-refractivity contribution in [3.05, 3.63) is 0 Å². The van der Waals surface area contributed by atoms with Crippen molar-refractivity contribution in [3.8, 4) is 0 Å². The van der Waals surface area contributed by atoms with E-state index in [0.717, 1.165) is 6.54 Å². The molecule has 78 valence electrons. The third-order valence-electron chi connectivity index (χ3n) is 0.989. The molecule has 0 aromatic heterocycles. The molecule has 0 spiro atoms. The Morgan fingerprint density at radius 1 is 1.46 bits per heavy atom. The molecule has 5 heteroatoms. The minimum Gasteiger partial charge on any atom is -0.465 e. The summed E-state index contributed by atoms with van der Waals surface area (Å²) in [7, 11) is 1.93. The fraction of sp³-hybridized carbons (Fsp3) is 0.750. The Morgan fingerprint density at radius 3 is 2.31 bits per heavy atom. The van der Waals surface area contributed by atoms with Crippen LogP contribution in [-0.4, -0.2) is 39.1 Å². The largest absolute Gasteiger partial charge is 0.465 e. The van der Waals surface area contributed by atoms with Crippen LogP contribution in [0.15, 0.2) is 0 Å². The van der Waals surface area contributed by atoms with Crippen molar-refractivity contribution in [1.82, 2.24) is 10.6 Å². The van der Waals surface area contributed by atoms with Crippen LogP contribution < -0.4 is 10.6 Å². The highest BCUT2D eigenvalue weighted by molar-refractivity contribution is 5.73. The van der Waals surface area contributed by atoms with Crippen molar-refractivity contribution in [1.29, 1.82) is 0 Å². The average molecular weight is 190 g/mol. The van der Waals surface area contributed by atoms with E-state index in [1.54, 1.807) is 6.92 Å². The molecule has 0 aromatic rings. The molecule has 0 unspecified atom stereocenters. The molecule has 0 aliphatic rings. The maximum Gasteiger partial charge on any atom is 0.325 e. The van der Waals surface area contributed by atoms with Crippen molar-refractivity contribution in [2.75, 3.05) is 26.7 Å². The summed E-state index contributed by atoms with van der Waals surface area (Å²) in [5.74, 6) is -0.412. The molecular weight excluding hydrogens is 172 g/mol.